The highest BCUT2D eigenvalue weighted by atomic mass is 16.5. The van der Waals surface area contributed by atoms with Gasteiger partial charge >= 0.3 is 0 Å². The highest BCUT2D eigenvalue weighted by Gasteiger charge is 2.34. The van der Waals surface area contributed by atoms with E-state index in [0.29, 0.717) is 18.7 Å². The summed E-state index contributed by atoms with van der Waals surface area (Å²) >= 11 is 0. The Morgan fingerprint density at radius 2 is 2.30 bits per heavy atom. The van der Waals surface area contributed by atoms with Crippen LogP contribution in [0.5, 0.6) is 0 Å². The number of carbonyl (C=O) groups is 1. The second kappa shape index (κ2) is 5.79. The standard InChI is InChI=1S/C15H23N3O2/c1-5-16-13-7-6-12(8-17-13)14(19)18-9-11(2)20-15(3,4)10-18/h6-8,11H,5,9-10H2,1-4H3,(H,16,17). The van der Waals surface area contributed by atoms with E-state index in [1.807, 2.05) is 44.7 Å². The maximum absolute atomic E-state index is 12.5. The molecule has 0 radical (unpaired) electrons. The summed E-state index contributed by atoms with van der Waals surface area (Å²) in [6, 6.07) is 3.66. The number of rotatable bonds is 3. The lowest BCUT2D eigenvalue weighted by Crippen LogP contribution is -2.53. The van der Waals surface area contributed by atoms with Gasteiger partial charge in [0.2, 0.25) is 0 Å². The number of hydrogen-bond donors (Lipinski definition) is 1. The lowest BCUT2D eigenvalue weighted by molar-refractivity contribution is -0.118. The summed E-state index contributed by atoms with van der Waals surface area (Å²) in [5, 5.41) is 3.12. The molecular weight excluding hydrogens is 254 g/mol. The average molecular weight is 277 g/mol. The van der Waals surface area contributed by atoms with Gasteiger partial charge in [-0.2, -0.15) is 0 Å². The number of aromatic nitrogens is 1. The quantitative estimate of drug-likeness (QED) is 0.920. The monoisotopic (exact) mass is 277 g/mol. The molecule has 0 aromatic carbocycles. The van der Waals surface area contributed by atoms with E-state index in [-0.39, 0.29) is 17.6 Å². The van der Waals surface area contributed by atoms with Gasteiger partial charge in [0, 0.05) is 25.8 Å². The van der Waals surface area contributed by atoms with Crippen LogP contribution in [-0.2, 0) is 4.74 Å². The molecule has 1 saturated heterocycles. The summed E-state index contributed by atoms with van der Waals surface area (Å²) in [5.74, 6) is 0.809. The Labute approximate surface area is 120 Å². The van der Waals surface area contributed by atoms with Gasteiger partial charge in [-0.15, -0.1) is 0 Å². The van der Waals surface area contributed by atoms with Crippen molar-refractivity contribution >= 4 is 11.7 Å². The zero-order chi connectivity index (χ0) is 14.8. The Hall–Kier alpha value is -1.62. The van der Waals surface area contributed by atoms with Crippen molar-refractivity contribution in [2.24, 2.45) is 0 Å². The van der Waals surface area contributed by atoms with Gasteiger partial charge < -0.3 is 15.0 Å². The number of anilines is 1. The van der Waals surface area contributed by atoms with Gasteiger partial charge in [0.05, 0.1) is 17.3 Å². The number of morpholine rings is 1. The second-order valence-electron chi connectivity index (χ2n) is 5.84. The molecule has 1 fully saturated rings. The first-order valence-electron chi connectivity index (χ1n) is 7.08. The summed E-state index contributed by atoms with van der Waals surface area (Å²) < 4.78 is 5.82. The number of amides is 1. The molecule has 0 aliphatic carbocycles. The molecule has 0 bridgehead atoms. The van der Waals surface area contributed by atoms with Crippen LogP contribution in [0, 0.1) is 0 Å². The van der Waals surface area contributed by atoms with Gasteiger partial charge in [0.1, 0.15) is 5.82 Å². The molecule has 1 unspecified atom stereocenters. The van der Waals surface area contributed by atoms with Crippen molar-refractivity contribution in [3.8, 4) is 0 Å². The molecule has 0 spiro atoms. The molecular formula is C15H23N3O2. The van der Waals surface area contributed by atoms with Gasteiger partial charge in [-0.1, -0.05) is 0 Å². The van der Waals surface area contributed by atoms with Gasteiger partial charge in [-0.25, -0.2) is 4.98 Å². The fraction of sp³-hybridized carbons (Fsp3) is 0.600. The van der Waals surface area contributed by atoms with Crippen molar-refractivity contribution in [3.05, 3.63) is 23.9 Å². The average Bonchev–Trinajstić information content (AvgIpc) is 2.37. The minimum atomic E-state index is -0.301. The number of hydrogen-bond acceptors (Lipinski definition) is 4. The third kappa shape index (κ3) is 3.48. The van der Waals surface area contributed by atoms with Gasteiger partial charge in [-0.05, 0) is 39.8 Å². The Balaban J connectivity index is 2.10. The van der Waals surface area contributed by atoms with E-state index in [1.165, 1.54) is 0 Å². The largest absolute Gasteiger partial charge is 0.370 e. The molecule has 1 amide bonds. The maximum atomic E-state index is 12.5. The molecule has 0 saturated carbocycles. The van der Waals surface area contributed by atoms with Crippen LogP contribution in [0.3, 0.4) is 0 Å². The Morgan fingerprint density at radius 1 is 1.55 bits per heavy atom. The molecule has 1 aliphatic rings. The van der Waals surface area contributed by atoms with Crippen LogP contribution in [0.2, 0.25) is 0 Å². The first-order valence-corrected chi connectivity index (χ1v) is 7.08. The Kier molecular flexibility index (Phi) is 4.28. The predicted octanol–water partition coefficient (Wildman–Crippen LogP) is 2.15. The maximum Gasteiger partial charge on any atom is 0.255 e. The zero-order valence-electron chi connectivity index (χ0n) is 12.6. The van der Waals surface area contributed by atoms with Gasteiger partial charge in [-0.3, -0.25) is 4.79 Å². The third-order valence-corrected chi connectivity index (χ3v) is 3.22. The van der Waals surface area contributed by atoms with Crippen LogP contribution in [0.15, 0.2) is 18.3 Å². The molecule has 5 nitrogen and oxygen atoms in total. The van der Waals surface area contributed by atoms with Crippen LogP contribution in [-0.4, -0.2) is 47.1 Å². The zero-order valence-corrected chi connectivity index (χ0v) is 12.6. The molecule has 1 atom stereocenters. The van der Waals surface area contributed by atoms with E-state index >= 15 is 0 Å². The van der Waals surface area contributed by atoms with Crippen LogP contribution >= 0.6 is 0 Å². The van der Waals surface area contributed by atoms with Crippen molar-refractivity contribution in [1.82, 2.24) is 9.88 Å². The molecule has 20 heavy (non-hydrogen) atoms. The summed E-state index contributed by atoms with van der Waals surface area (Å²) in [6.07, 6.45) is 1.68. The normalized spacial score (nSPS) is 21.6. The fourth-order valence-electron chi connectivity index (χ4n) is 2.60. The summed E-state index contributed by atoms with van der Waals surface area (Å²) in [5.41, 5.74) is 0.321. The molecule has 2 heterocycles. The molecule has 1 aliphatic heterocycles. The van der Waals surface area contributed by atoms with Crippen molar-refractivity contribution in [3.63, 3.8) is 0 Å². The lowest BCUT2D eigenvalue weighted by Gasteiger charge is -2.41. The Bertz CT molecular complexity index is 471. The van der Waals surface area contributed by atoms with Crippen LogP contribution < -0.4 is 5.32 Å². The highest BCUT2D eigenvalue weighted by Crippen LogP contribution is 2.22. The summed E-state index contributed by atoms with van der Waals surface area (Å²) in [6.45, 7) is 10.1. The first-order chi connectivity index (χ1) is 9.41. The molecule has 1 aromatic rings. The number of ether oxygens (including phenoxy) is 1. The van der Waals surface area contributed by atoms with Gasteiger partial charge in [0.25, 0.3) is 5.91 Å². The van der Waals surface area contributed by atoms with E-state index in [1.54, 1.807) is 6.20 Å². The smallest absolute Gasteiger partial charge is 0.255 e. The number of nitrogens with one attached hydrogen (secondary N) is 1. The minimum absolute atomic E-state index is 0.0174. The van der Waals surface area contributed by atoms with Crippen LogP contribution in [0.4, 0.5) is 5.82 Å². The number of pyridine rings is 1. The van der Waals surface area contributed by atoms with Gasteiger partial charge in [0.15, 0.2) is 0 Å². The summed E-state index contributed by atoms with van der Waals surface area (Å²) in [4.78, 5) is 18.6. The van der Waals surface area contributed by atoms with Crippen LogP contribution in [0.25, 0.3) is 0 Å². The number of nitrogens with zero attached hydrogens (tertiary/aromatic N) is 2. The molecule has 2 rings (SSSR count). The minimum Gasteiger partial charge on any atom is -0.370 e. The predicted molar refractivity (Wildman–Crippen MR) is 78.9 cm³/mol. The molecule has 5 heteroatoms. The van der Waals surface area contributed by atoms with Crippen molar-refractivity contribution in [2.45, 2.75) is 39.4 Å². The number of carbonyl (C=O) groups excluding carboxylic acids is 1. The van der Waals surface area contributed by atoms with E-state index < -0.39 is 0 Å². The van der Waals surface area contributed by atoms with Crippen LogP contribution in [0.1, 0.15) is 38.1 Å². The molecule has 110 valence electrons. The van der Waals surface area contributed by atoms with E-state index in [0.717, 1.165) is 12.4 Å². The van der Waals surface area contributed by atoms with E-state index in [2.05, 4.69) is 10.3 Å². The SMILES string of the molecule is CCNc1ccc(C(=O)N2CC(C)OC(C)(C)C2)cn1. The van der Waals surface area contributed by atoms with E-state index in [9.17, 15) is 4.79 Å². The second-order valence-corrected chi connectivity index (χ2v) is 5.84. The van der Waals surface area contributed by atoms with Crippen molar-refractivity contribution < 1.29 is 9.53 Å². The van der Waals surface area contributed by atoms with Crippen molar-refractivity contribution in [1.29, 1.82) is 0 Å². The third-order valence-electron chi connectivity index (χ3n) is 3.22. The lowest BCUT2D eigenvalue weighted by atomic mass is 10.0. The van der Waals surface area contributed by atoms with Crippen molar-refractivity contribution in [2.75, 3.05) is 25.0 Å². The topological polar surface area (TPSA) is 54.5 Å². The molecule has 1 N–H and O–H groups in total. The molecule has 1 aromatic heterocycles. The Morgan fingerprint density at radius 3 is 2.85 bits per heavy atom. The summed E-state index contributed by atoms with van der Waals surface area (Å²) in [7, 11) is 0. The highest BCUT2D eigenvalue weighted by molar-refractivity contribution is 5.94. The first kappa shape index (κ1) is 14.8. The van der Waals surface area contributed by atoms with E-state index in [4.69, 9.17) is 4.74 Å². The fourth-order valence-corrected chi connectivity index (χ4v) is 2.60.